The Labute approximate surface area is 138 Å². The summed E-state index contributed by atoms with van der Waals surface area (Å²) in [6, 6.07) is 14.0. The number of aromatic nitrogens is 2. The predicted molar refractivity (Wildman–Crippen MR) is 86.8 cm³/mol. The van der Waals surface area contributed by atoms with Crippen molar-refractivity contribution in [2.45, 2.75) is 17.9 Å². The second-order valence-corrected chi connectivity index (χ2v) is 7.30. The fraction of sp³-hybridized carbons (Fsp3) is 0.188. The number of hydrogen-bond acceptors (Lipinski definition) is 6. The molecule has 0 fully saturated rings. The van der Waals surface area contributed by atoms with Crippen LogP contribution in [0.3, 0.4) is 0 Å². The van der Waals surface area contributed by atoms with Gasteiger partial charge in [0.2, 0.25) is 5.91 Å². The Morgan fingerprint density at radius 3 is 2.62 bits per heavy atom. The van der Waals surface area contributed by atoms with Crippen LogP contribution in [0.1, 0.15) is 12.0 Å². The Morgan fingerprint density at radius 1 is 1.04 bits per heavy atom. The highest BCUT2D eigenvalue weighted by atomic mass is 32.2. The van der Waals surface area contributed by atoms with Crippen LogP contribution in [0.15, 0.2) is 58.1 Å². The molecule has 8 heteroatoms. The van der Waals surface area contributed by atoms with Crippen molar-refractivity contribution in [3.63, 3.8) is 0 Å². The van der Waals surface area contributed by atoms with Gasteiger partial charge in [-0.05, 0) is 28.0 Å². The highest BCUT2D eigenvalue weighted by Crippen LogP contribution is 2.21. The van der Waals surface area contributed by atoms with Gasteiger partial charge in [-0.2, -0.15) is 0 Å². The van der Waals surface area contributed by atoms with Crippen LogP contribution in [0.5, 0.6) is 0 Å². The van der Waals surface area contributed by atoms with Gasteiger partial charge in [-0.1, -0.05) is 36.4 Å². The third kappa shape index (κ3) is 3.60. The van der Waals surface area contributed by atoms with Crippen LogP contribution in [0.4, 0.5) is 0 Å². The van der Waals surface area contributed by atoms with Crippen molar-refractivity contribution < 1.29 is 17.8 Å². The minimum absolute atomic E-state index is 0.0251. The van der Waals surface area contributed by atoms with E-state index >= 15 is 0 Å². The Hall–Kier alpha value is -2.74. The fourth-order valence-electron chi connectivity index (χ4n) is 2.25. The summed E-state index contributed by atoms with van der Waals surface area (Å²) in [5.74, 6) is -0.632. The molecule has 3 aromatic rings. The molecule has 1 aromatic heterocycles. The summed E-state index contributed by atoms with van der Waals surface area (Å²) in [5, 5.41) is 9.95. The summed E-state index contributed by atoms with van der Waals surface area (Å²) in [6.07, 6.45) is -0.128. The first-order valence-corrected chi connectivity index (χ1v) is 8.96. The number of rotatable bonds is 6. The maximum Gasteiger partial charge on any atom is 0.221 e. The molecule has 24 heavy (non-hydrogen) atoms. The van der Waals surface area contributed by atoms with Gasteiger partial charge in [0, 0.05) is 13.0 Å². The van der Waals surface area contributed by atoms with Crippen molar-refractivity contribution in [1.29, 1.82) is 0 Å². The van der Waals surface area contributed by atoms with Gasteiger partial charge >= 0.3 is 0 Å². The lowest BCUT2D eigenvalue weighted by atomic mass is 10.2. The van der Waals surface area contributed by atoms with Crippen molar-refractivity contribution >= 4 is 26.8 Å². The molecule has 0 atom stereocenters. The first kappa shape index (κ1) is 16.1. The Balaban J connectivity index is 1.63. The van der Waals surface area contributed by atoms with Crippen LogP contribution in [-0.2, 0) is 21.2 Å². The third-order valence-corrected chi connectivity index (χ3v) is 5.26. The lowest BCUT2D eigenvalue weighted by molar-refractivity contribution is -0.120. The van der Waals surface area contributed by atoms with Gasteiger partial charge in [-0.15, -0.1) is 0 Å². The standard InChI is InChI=1S/C16H15N3O4S/c20-15(17-11-12-5-2-1-3-6-12)9-10-24(21,22)14-8-4-7-13-16(14)19-23-18-13/h1-8H,9-11H2,(H,17,20). The van der Waals surface area contributed by atoms with E-state index in [0.717, 1.165) is 5.56 Å². The van der Waals surface area contributed by atoms with E-state index in [2.05, 4.69) is 20.3 Å². The van der Waals surface area contributed by atoms with E-state index < -0.39 is 9.84 Å². The van der Waals surface area contributed by atoms with E-state index in [1.54, 1.807) is 12.1 Å². The molecular weight excluding hydrogens is 330 g/mol. The minimum atomic E-state index is -3.66. The zero-order valence-electron chi connectivity index (χ0n) is 12.7. The molecule has 0 radical (unpaired) electrons. The maximum atomic E-state index is 12.4. The van der Waals surface area contributed by atoms with E-state index in [-0.39, 0.29) is 28.5 Å². The fourth-order valence-corrected chi connectivity index (χ4v) is 3.65. The second kappa shape index (κ2) is 6.79. The molecule has 7 nitrogen and oxygen atoms in total. The molecular formula is C16H15N3O4S. The summed E-state index contributed by atoms with van der Waals surface area (Å²) in [7, 11) is -3.66. The average Bonchev–Trinajstić information content (AvgIpc) is 3.07. The van der Waals surface area contributed by atoms with Gasteiger partial charge in [0.15, 0.2) is 15.4 Å². The van der Waals surface area contributed by atoms with Gasteiger partial charge in [0.25, 0.3) is 0 Å². The Bertz CT molecular complexity index is 952. The van der Waals surface area contributed by atoms with Gasteiger partial charge in [0.05, 0.1) is 10.6 Å². The van der Waals surface area contributed by atoms with Gasteiger partial charge in [0.1, 0.15) is 5.52 Å². The van der Waals surface area contributed by atoms with Crippen LogP contribution in [-0.4, -0.2) is 30.4 Å². The molecule has 0 saturated carbocycles. The summed E-state index contributed by atoms with van der Waals surface area (Å²) in [5.41, 5.74) is 1.50. The number of carbonyl (C=O) groups excluding carboxylic acids is 1. The van der Waals surface area contributed by atoms with E-state index in [4.69, 9.17) is 0 Å². The molecule has 124 valence electrons. The molecule has 0 saturated heterocycles. The molecule has 0 bridgehead atoms. The van der Waals surface area contributed by atoms with Crippen LogP contribution < -0.4 is 5.32 Å². The summed E-state index contributed by atoms with van der Waals surface area (Å²) < 4.78 is 29.4. The first-order valence-electron chi connectivity index (χ1n) is 7.31. The van der Waals surface area contributed by atoms with Crippen molar-refractivity contribution in [2.24, 2.45) is 0 Å². The van der Waals surface area contributed by atoms with E-state index in [1.165, 1.54) is 6.07 Å². The number of hydrogen-bond donors (Lipinski definition) is 1. The van der Waals surface area contributed by atoms with Gasteiger partial charge < -0.3 is 5.32 Å². The SMILES string of the molecule is O=C(CCS(=O)(=O)c1cccc2nonc12)NCc1ccccc1. The Morgan fingerprint density at radius 2 is 1.83 bits per heavy atom. The lowest BCUT2D eigenvalue weighted by Crippen LogP contribution is -2.25. The molecule has 0 aliphatic rings. The number of benzene rings is 2. The normalized spacial score (nSPS) is 11.5. The lowest BCUT2D eigenvalue weighted by Gasteiger charge is -2.06. The van der Waals surface area contributed by atoms with E-state index in [1.807, 2.05) is 30.3 Å². The topological polar surface area (TPSA) is 102 Å². The molecule has 0 unspecified atom stereocenters. The number of nitrogens with zero attached hydrogens (tertiary/aromatic N) is 2. The van der Waals surface area contributed by atoms with Gasteiger partial charge in [-0.25, -0.2) is 13.0 Å². The molecule has 1 amide bonds. The van der Waals surface area contributed by atoms with E-state index in [0.29, 0.717) is 12.1 Å². The molecule has 1 N–H and O–H groups in total. The van der Waals surface area contributed by atoms with E-state index in [9.17, 15) is 13.2 Å². The minimum Gasteiger partial charge on any atom is -0.352 e. The van der Waals surface area contributed by atoms with Gasteiger partial charge in [-0.3, -0.25) is 4.79 Å². The highest BCUT2D eigenvalue weighted by Gasteiger charge is 2.21. The second-order valence-electron chi connectivity index (χ2n) is 5.22. The summed E-state index contributed by atoms with van der Waals surface area (Å²) in [4.78, 5) is 11.9. The third-order valence-electron chi connectivity index (χ3n) is 3.51. The quantitative estimate of drug-likeness (QED) is 0.729. The zero-order chi connectivity index (χ0) is 17.0. The molecule has 0 spiro atoms. The molecule has 0 aliphatic heterocycles. The predicted octanol–water partition coefficient (Wildman–Crippen LogP) is 1.70. The Kier molecular flexibility index (Phi) is 4.57. The summed E-state index contributed by atoms with van der Waals surface area (Å²) in [6.45, 7) is 0.364. The van der Waals surface area contributed by atoms with Crippen molar-refractivity contribution in [3.05, 3.63) is 54.1 Å². The largest absolute Gasteiger partial charge is 0.352 e. The number of amides is 1. The van der Waals surface area contributed by atoms with Crippen molar-refractivity contribution in [1.82, 2.24) is 15.6 Å². The zero-order valence-corrected chi connectivity index (χ0v) is 13.5. The monoisotopic (exact) mass is 345 g/mol. The molecule has 0 aliphatic carbocycles. The maximum absolute atomic E-state index is 12.4. The van der Waals surface area contributed by atoms with Crippen molar-refractivity contribution in [3.8, 4) is 0 Å². The smallest absolute Gasteiger partial charge is 0.221 e. The molecule has 1 heterocycles. The average molecular weight is 345 g/mol. The number of nitrogens with one attached hydrogen (secondary N) is 1. The highest BCUT2D eigenvalue weighted by molar-refractivity contribution is 7.91. The number of carbonyl (C=O) groups is 1. The van der Waals surface area contributed by atoms with Crippen LogP contribution in [0, 0.1) is 0 Å². The molecule has 3 rings (SSSR count). The number of sulfone groups is 1. The van der Waals surface area contributed by atoms with Crippen molar-refractivity contribution in [2.75, 3.05) is 5.75 Å². The number of fused-ring (bicyclic) bond motifs is 1. The van der Waals surface area contributed by atoms with Crippen LogP contribution in [0.25, 0.3) is 11.0 Å². The van der Waals surface area contributed by atoms with Crippen LogP contribution in [0.2, 0.25) is 0 Å². The molecule has 2 aromatic carbocycles. The summed E-state index contributed by atoms with van der Waals surface area (Å²) >= 11 is 0. The van der Waals surface area contributed by atoms with Crippen LogP contribution >= 0.6 is 0 Å². The first-order chi connectivity index (χ1) is 11.6.